The minimum atomic E-state index is -1.36. The Hall–Kier alpha value is -3.00. The number of hydrogen-bond acceptors (Lipinski definition) is 5. The Bertz CT molecular complexity index is 1220. The number of benzene rings is 1. The van der Waals surface area contributed by atoms with Crippen molar-refractivity contribution in [2.45, 2.75) is 37.4 Å². The van der Waals surface area contributed by atoms with Crippen molar-refractivity contribution in [3.8, 4) is 0 Å². The highest BCUT2D eigenvalue weighted by molar-refractivity contribution is 7.13. The number of H-pyrrole nitrogens is 1. The predicted molar refractivity (Wildman–Crippen MR) is 110 cm³/mol. The van der Waals surface area contributed by atoms with Gasteiger partial charge in [-0.2, -0.15) is 0 Å². The number of nitrogens with one attached hydrogen (secondary N) is 1. The van der Waals surface area contributed by atoms with Gasteiger partial charge in [-0.3, -0.25) is 4.79 Å². The van der Waals surface area contributed by atoms with E-state index >= 15 is 0 Å². The molecule has 1 saturated carbocycles. The lowest BCUT2D eigenvalue weighted by Crippen LogP contribution is -2.40. The Balaban J connectivity index is 1.40. The molecular formula is C22H19FN4O2S. The number of furan rings is 1. The van der Waals surface area contributed by atoms with E-state index in [-0.39, 0.29) is 5.91 Å². The summed E-state index contributed by atoms with van der Waals surface area (Å²) in [5.74, 6) is 0.504. The highest BCUT2D eigenvalue weighted by Gasteiger charge is 2.43. The number of rotatable bonds is 3. The van der Waals surface area contributed by atoms with E-state index in [1.807, 2.05) is 30.3 Å². The molecule has 1 aliphatic heterocycles. The second-order valence-corrected chi connectivity index (χ2v) is 8.98. The Morgan fingerprint density at radius 1 is 1.30 bits per heavy atom. The molecule has 1 fully saturated rings. The second kappa shape index (κ2) is 6.50. The molecule has 4 heterocycles. The first-order chi connectivity index (χ1) is 14.6. The summed E-state index contributed by atoms with van der Waals surface area (Å²) in [6.45, 7) is 0.518. The molecule has 4 aromatic rings. The number of aromatic nitrogens is 3. The minimum Gasteiger partial charge on any atom is -0.458 e. The molecule has 152 valence electrons. The number of fused-ring (bicyclic) bond motifs is 2. The largest absolute Gasteiger partial charge is 0.458 e. The van der Waals surface area contributed by atoms with Crippen LogP contribution < -0.4 is 0 Å². The monoisotopic (exact) mass is 422 g/mol. The van der Waals surface area contributed by atoms with Crippen LogP contribution in [0.3, 0.4) is 0 Å². The molecule has 8 heteroatoms. The maximum atomic E-state index is 14.8. The van der Waals surface area contributed by atoms with Crippen LogP contribution in [0.25, 0.3) is 11.0 Å². The van der Waals surface area contributed by atoms with Gasteiger partial charge in [0.1, 0.15) is 27.3 Å². The summed E-state index contributed by atoms with van der Waals surface area (Å²) in [5, 5.41) is 1.39. The van der Waals surface area contributed by atoms with Crippen molar-refractivity contribution in [3.63, 3.8) is 0 Å². The first kappa shape index (κ1) is 17.8. The zero-order valence-electron chi connectivity index (χ0n) is 16.1. The standard InChI is InChI=1S/C22H19FN4O2S/c23-22(7-3-8-22)21-24-11-17(30-21)20(28)27-9-6-14-18(26-12-25-14)19(27)16-10-13-4-1-2-5-15(13)29-16/h1-2,4-5,10-12,19H,3,6-9H2,(H,25,26)/t19-/m1/s1. The molecular weight excluding hydrogens is 403 g/mol. The summed E-state index contributed by atoms with van der Waals surface area (Å²) in [4.78, 5) is 27.6. The van der Waals surface area contributed by atoms with E-state index in [1.165, 1.54) is 17.5 Å². The number of hydrogen-bond donors (Lipinski definition) is 1. The van der Waals surface area contributed by atoms with E-state index in [1.54, 1.807) is 11.2 Å². The van der Waals surface area contributed by atoms with Crippen molar-refractivity contribution in [1.82, 2.24) is 19.9 Å². The molecule has 0 unspecified atom stereocenters. The fourth-order valence-electron chi connectivity index (χ4n) is 4.34. The van der Waals surface area contributed by atoms with Crippen LogP contribution in [0.4, 0.5) is 4.39 Å². The van der Waals surface area contributed by atoms with Gasteiger partial charge >= 0.3 is 0 Å². The third-order valence-electron chi connectivity index (χ3n) is 6.15. The van der Waals surface area contributed by atoms with Crippen LogP contribution in [-0.2, 0) is 12.1 Å². The SMILES string of the molecule is O=C(c1cnc(C2(F)CCC2)s1)N1CCc2[nH]cnc2[C@H]1c1cc2ccccc2o1. The molecule has 1 amide bonds. The summed E-state index contributed by atoms with van der Waals surface area (Å²) in [5.41, 5.74) is 1.21. The molecule has 30 heavy (non-hydrogen) atoms. The van der Waals surface area contributed by atoms with Crippen molar-refractivity contribution in [2.24, 2.45) is 0 Å². The number of para-hydroxylation sites is 1. The second-order valence-electron chi connectivity index (χ2n) is 7.95. The van der Waals surface area contributed by atoms with E-state index in [4.69, 9.17) is 4.42 Å². The quantitative estimate of drug-likeness (QED) is 0.517. The van der Waals surface area contributed by atoms with Crippen molar-refractivity contribution >= 4 is 28.2 Å². The van der Waals surface area contributed by atoms with E-state index in [9.17, 15) is 9.18 Å². The molecule has 6 nitrogen and oxygen atoms in total. The number of carbonyl (C=O) groups is 1. The average molecular weight is 422 g/mol. The molecule has 0 radical (unpaired) electrons. The third kappa shape index (κ3) is 2.63. The lowest BCUT2D eigenvalue weighted by molar-refractivity contribution is 0.0606. The van der Waals surface area contributed by atoms with Gasteiger partial charge in [-0.15, -0.1) is 11.3 Å². The summed E-state index contributed by atoms with van der Waals surface area (Å²) < 4.78 is 20.9. The van der Waals surface area contributed by atoms with E-state index < -0.39 is 11.7 Å². The van der Waals surface area contributed by atoms with Crippen molar-refractivity contribution in [3.05, 3.63) is 69.9 Å². The van der Waals surface area contributed by atoms with Gasteiger partial charge in [-0.1, -0.05) is 18.2 Å². The Morgan fingerprint density at radius 3 is 2.97 bits per heavy atom. The lowest BCUT2D eigenvalue weighted by atomic mass is 9.83. The summed E-state index contributed by atoms with van der Waals surface area (Å²) in [6, 6.07) is 9.30. The Labute approximate surface area is 175 Å². The predicted octanol–water partition coefficient (Wildman–Crippen LogP) is 4.75. The summed E-state index contributed by atoms with van der Waals surface area (Å²) >= 11 is 1.17. The first-order valence-electron chi connectivity index (χ1n) is 10.1. The average Bonchev–Trinajstić information content (AvgIpc) is 3.49. The molecule has 3 aromatic heterocycles. The van der Waals surface area contributed by atoms with Crippen LogP contribution in [0, 0.1) is 0 Å². The van der Waals surface area contributed by atoms with Crippen LogP contribution in [-0.4, -0.2) is 32.3 Å². The van der Waals surface area contributed by atoms with Crippen LogP contribution in [0.1, 0.15) is 57.1 Å². The normalized spacial score (nSPS) is 20.2. The third-order valence-corrected chi connectivity index (χ3v) is 7.31. The number of nitrogens with zero attached hydrogens (tertiary/aromatic N) is 3. The molecule has 0 bridgehead atoms. The fourth-order valence-corrected chi connectivity index (χ4v) is 5.35. The lowest BCUT2D eigenvalue weighted by Gasteiger charge is -2.33. The number of carbonyl (C=O) groups excluding carboxylic acids is 1. The van der Waals surface area contributed by atoms with Gasteiger partial charge in [0.15, 0.2) is 5.67 Å². The Morgan fingerprint density at radius 2 is 2.17 bits per heavy atom. The van der Waals surface area contributed by atoms with Gasteiger partial charge in [0.05, 0.1) is 18.2 Å². The van der Waals surface area contributed by atoms with Gasteiger partial charge in [-0.05, 0) is 31.4 Å². The number of alkyl halides is 1. The number of imidazole rings is 1. The van der Waals surface area contributed by atoms with Crippen molar-refractivity contribution in [1.29, 1.82) is 0 Å². The van der Waals surface area contributed by atoms with Crippen LogP contribution in [0.2, 0.25) is 0 Å². The summed E-state index contributed by atoms with van der Waals surface area (Å²) in [6.07, 6.45) is 5.67. The number of thiazole rings is 1. The molecule has 1 N–H and O–H groups in total. The van der Waals surface area contributed by atoms with Crippen LogP contribution in [0.15, 0.2) is 47.3 Å². The smallest absolute Gasteiger partial charge is 0.266 e. The van der Waals surface area contributed by atoms with Crippen molar-refractivity contribution in [2.75, 3.05) is 6.54 Å². The van der Waals surface area contributed by atoms with Gasteiger partial charge in [0.2, 0.25) is 0 Å². The molecule has 0 spiro atoms. The molecule has 0 saturated heterocycles. The number of aromatic amines is 1. The Kier molecular flexibility index (Phi) is 3.86. The highest BCUT2D eigenvalue weighted by Crippen LogP contribution is 2.46. The van der Waals surface area contributed by atoms with Crippen molar-refractivity contribution < 1.29 is 13.6 Å². The van der Waals surface area contributed by atoms with Gasteiger partial charge in [0.25, 0.3) is 5.91 Å². The molecule has 2 aliphatic rings. The van der Waals surface area contributed by atoms with E-state index in [0.29, 0.717) is 41.5 Å². The van der Waals surface area contributed by atoms with Gasteiger partial charge < -0.3 is 14.3 Å². The van der Waals surface area contributed by atoms with E-state index in [2.05, 4.69) is 15.0 Å². The zero-order chi connectivity index (χ0) is 20.3. The number of amides is 1. The first-order valence-corrected chi connectivity index (χ1v) is 10.9. The number of halogens is 1. The minimum absolute atomic E-state index is 0.166. The molecule has 6 rings (SSSR count). The highest BCUT2D eigenvalue weighted by atomic mass is 32.1. The van der Waals surface area contributed by atoms with Gasteiger partial charge in [-0.25, -0.2) is 14.4 Å². The summed E-state index contributed by atoms with van der Waals surface area (Å²) in [7, 11) is 0. The maximum Gasteiger partial charge on any atom is 0.266 e. The van der Waals surface area contributed by atoms with Crippen LogP contribution in [0.5, 0.6) is 0 Å². The molecule has 1 atom stereocenters. The zero-order valence-corrected chi connectivity index (χ0v) is 16.9. The topological polar surface area (TPSA) is 75.0 Å². The van der Waals surface area contributed by atoms with Crippen LogP contribution >= 0.6 is 11.3 Å². The maximum absolute atomic E-state index is 14.8. The molecule has 1 aliphatic carbocycles. The van der Waals surface area contributed by atoms with E-state index in [0.717, 1.165) is 28.8 Å². The molecule has 1 aromatic carbocycles. The fraction of sp³-hybridized carbons (Fsp3) is 0.318. The van der Waals surface area contributed by atoms with Gasteiger partial charge in [0, 0.05) is 24.0 Å².